The molecule has 0 saturated carbocycles. The van der Waals surface area contributed by atoms with Crippen molar-refractivity contribution in [3.63, 3.8) is 0 Å². The summed E-state index contributed by atoms with van der Waals surface area (Å²) in [6.45, 7) is 4.99. The fourth-order valence-corrected chi connectivity index (χ4v) is 5.13. The molecule has 0 radical (unpaired) electrons. The number of ether oxygens (including phenoxy) is 9. The minimum absolute atomic E-state index is 0.178. The van der Waals surface area contributed by atoms with Crippen molar-refractivity contribution < 1.29 is 47.4 Å². The van der Waals surface area contributed by atoms with E-state index >= 15 is 0 Å². The van der Waals surface area contributed by atoms with Crippen LogP contribution >= 0.6 is 12.6 Å². The summed E-state index contributed by atoms with van der Waals surface area (Å²) in [5, 5.41) is 0. The lowest BCUT2D eigenvalue weighted by molar-refractivity contribution is -0.145. The van der Waals surface area contributed by atoms with Crippen molar-refractivity contribution in [1.82, 2.24) is 0 Å². The van der Waals surface area contributed by atoms with Gasteiger partial charge in [-0.3, -0.25) is 4.79 Å². The van der Waals surface area contributed by atoms with Gasteiger partial charge in [-0.25, -0.2) is 0 Å². The zero-order chi connectivity index (χ0) is 33.7. The van der Waals surface area contributed by atoms with E-state index in [0.717, 1.165) is 30.6 Å². The van der Waals surface area contributed by atoms with Gasteiger partial charge in [0.05, 0.1) is 52.9 Å². The Bertz CT molecular complexity index is 1100. The molecule has 270 valence electrons. The van der Waals surface area contributed by atoms with Crippen LogP contribution in [0.15, 0.2) is 42.5 Å². The standard InChI is InChI=1S/C37H56O10S/c38-37(14-8-6-4-2-1-3-5-7-11-29-48)47-31-32-15-16-35-36(30-32)46-28-24-42-20-19-40-22-26-44-34-13-10-9-12-33(34)43-25-21-39-17-18-41-23-27-45-35/h9-10,12-13,15-16,30,48H,1-8,11,14,17-29,31H2. The SMILES string of the molecule is O=C(CCCCCCCCCCCS)OCc1ccc2c(c1)OCCOCCOCCOc1ccccc1OCCOCCOCCO2. The van der Waals surface area contributed by atoms with Gasteiger partial charge in [-0.1, -0.05) is 63.1 Å². The van der Waals surface area contributed by atoms with Crippen LogP contribution in [0.1, 0.15) is 69.8 Å². The molecular formula is C37H56O10S. The zero-order valence-corrected chi connectivity index (χ0v) is 29.4. The first-order valence-corrected chi connectivity index (χ1v) is 18.2. The lowest BCUT2D eigenvalue weighted by Crippen LogP contribution is -2.15. The molecule has 2 aromatic carbocycles. The van der Waals surface area contributed by atoms with Crippen LogP contribution < -0.4 is 18.9 Å². The second kappa shape index (κ2) is 27.2. The molecule has 1 aliphatic heterocycles. The molecule has 0 atom stereocenters. The molecule has 0 fully saturated rings. The van der Waals surface area contributed by atoms with E-state index in [1.807, 2.05) is 42.5 Å². The van der Waals surface area contributed by atoms with E-state index in [4.69, 9.17) is 42.6 Å². The summed E-state index contributed by atoms with van der Waals surface area (Å²) in [6.07, 6.45) is 11.1. The highest BCUT2D eigenvalue weighted by molar-refractivity contribution is 7.80. The van der Waals surface area contributed by atoms with Crippen LogP contribution in [0.25, 0.3) is 0 Å². The largest absolute Gasteiger partial charge is 0.487 e. The average molecular weight is 693 g/mol. The molecule has 0 bridgehead atoms. The van der Waals surface area contributed by atoms with Gasteiger partial charge >= 0.3 is 5.97 Å². The average Bonchev–Trinajstić information content (AvgIpc) is 3.10. The lowest BCUT2D eigenvalue weighted by atomic mass is 10.1. The molecule has 0 saturated heterocycles. The number of hydrogen-bond acceptors (Lipinski definition) is 11. The lowest BCUT2D eigenvalue weighted by Gasteiger charge is -2.15. The maximum atomic E-state index is 12.4. The summed E-state index contributed by atoms with van der Waals surface area (Å²) < 4.78 is 51.8. The molecule has 10 nitrogen and oxygen atoms in total. The number of unbranched alkanes of at least 4 members (excludes halogenated alkanes) is 8. The predicted molar refractivity (Wildman–Crippen MR) is 188 cm³/mol. The second-order valence-electron chi connectivity index (χ2n) is 11.4. The van der Waals surface area contributed by atoms with E-state index in [0.29, 0.717) is 109 Å². The van der Waals surface area contributed by atoms with Gasteiger partial charge in [0.1, 0.15) is 33.0 Å². The maximum absolute atomic E-state index is 12.4. The fraction of sp³-hybridized carbons (Fsp3) is 0.649. The van der Waals surface area contributed by atoms with Crippen LogP contribution in [0.3, 0.4) is 0 Å². The number of fused-ring (bicyclic) bond motifs is 2. The van der Waals surface area contributed by atoms with Crippen molar-refractivity contribution in [3.05, 3.63) is 48.0 Å². The van der Waals surface area contributed by atoms with Crippen molar-refractivity contribution >= 4 is 18.6 Å². The Hall–Kier alpha value is -2.70. The van der Waals surface area contributed by atoms with E-state index in [2.05, 4.69) is 12.6 Å². The van der Waals surface area contributed by atoms with Crippen molar-refractivity contribution in [1.29, 1.82) is 0 Å². The first kappa shape index (κ1) is 39.7. The Kier molecular flexibility index (Phi) is 22.5. The summed E-state index contributed by atoms with van der Waals surface area (Å²) >= 11 is 4.26. The van der Waals surface area contributed by atoms with Crippen LogP contribution in [-0.2, 0) is 35.1 Å². The number of benzene rings is 2. The molecule has 11 heteroatoms. The molecule has 0 amide bonds. The number of thiol groups is 1. The summed E-state index contributed by atoms with van der Waals surface area (Å²) in [5.74, 6) is 3.28. The van der Waals surface area contributed by atoms with Gasteiger partial charge in [0.2, 0.25) is 0 Å². The highest BCUT2D eigenvalue weighted by atomic mass is 32.1. The normalized spacial score (nSPS) is 16.0. The molecule has 3 rings (SSSR count). The number of carbonyl (C=O) groups is 1. The highest BCUT2D eigenvalue weighted by Crippen LogP contribution is 2.29. The minimum atomic E-state index is -0.178. The van der Waals surface area contributed by atoms with E-state index in [1.165, 1.54) is 38.5 Å². The van der Waals surface area contributed by atoms with E-state index in [-0.39, 0.29) is 12.6 Å². The Balaban J connectivity index is 1.39. The van der Waals surface area contributed by atoms with Gasteiger partial charge in [-0.05, 0) is 48.4 Å². The Labute approximate surface area is 292 Å². The third kappa shape index (κ3) is 18.7. The number of esters is 1. The molecule has 1 aliphatic rings. The van der Waals surface area contributed by atoms with Crippen LogP contribution in [0.2, 0.25) is 0 Å². The molecule has 0 N–H and O–H groups in total. The molecular weight excluding hydrogens is 636 g/mol. The van der Waals surface area contributed by atoms with Crippen LogP contribution in [0.4, 0.5) is 0 Å². The summed E-state index contributed by atoms with van der Waals surface area (Å²) in [6, 6.07) is 13.1. The molecule has 0 unspecified atom stereocenters. The molecule has 48 heavy (non-hydrogen) atoms. The van der Waals surface area contributed by atoms with Gasteiger partial charge in [0.25, 0.3) is 0 Å². The second-order valence-corrected chi connectivity index (χ2v) is 11.8. The number of carbonyl (C=O) groups excluding carboxylic acids is 1. The number of hydrogen-bond donors (Lipinski definition) is 1. The van der Waals surface area contributed by atoms with Crippen molar-refractivity contribution in [2.24, 2.45) is 0 Å². The zero-order valence-electron chi connectivity index (χ0n) is 28.5. The molecule has 0 spiro atoms. The summed E-state index contributed by atoms with van der Waals surface area (Å²) in [7, 11) is 0. The number of para-hydroxylation sites is 2. The fourth-order valence-electron chi connectivity index (χ4n) is 4.90. The predicted octanol–water partition coefficient (Wildman–Crippen LogP) is 6.86. The van der Waals surface area contributed by atoms with Crippen LogP contribution in [0.5, 0.6) is 23.0 Å². The van der Waals surface area contributed by atoms with Gasteiger partial charge in [-0.15, -0.1) is 0 Å². The van der Waals surface area contributed by atoms with Crippen LogP contribution in [-0.4, -0.2) is 91.0 Å². The minimum Gasteiger partial charge on any atom is -0.487 e. The van der Waals surface area contributed by atoms with E-state index in [9.17, 15) is 4.79 Å². The first-order valence-electron chi connectivity index (χ1n) is 17.6. The van der Waals surface area contributed by atoms with Gasteiger partial charge in [0, 0.05) is 6.42 Å². The smallest absolute Gasteiger partial charge is 0.306 e. The van der Waals surface area contributed by atoms with E-state index < -0.39 is 0 Å². The van der Waals surface area contributed by atoms with Crippen molar-refractivity contribution in [2.75, 3.05) is 85.0 Å². The van der Waals surface area contributed by atoms with Crippen LogP contribution in [0, 0.1) is 0 Å². The van der Waals surface area contributed by atoms with Gasteiger partial charge in [0.15, 0.2) is 23.0 Å². The molecule has 2 aromatic rings. The van der Waals surface area contributed by atoms with E-state index in [1.54, 1.807) is 0 Å². The Morgan fingerprint density at radius 1 is 0.521 bits per heavy atom. The van der Waals surface area contributed by atoms with Crippen molar-refractivity contribution in [2.45, 2.75) is 70.8 Å². The maximum Gasteiger partial charge on any atom is 0.306 e. The highest BCUT2D eigenvalue weighted by Gasteiger charge is 2.11. The summed E-state index contributed by atoms with van der Waals surface area (Å²) in [4.78, 5) is 12.4. The van der Waals surface area contributed by atoms with Gasteiger partial charge in [-0.2, -0.15) is 12.6 Å². The number of rotatable bonds is 13. The third-order valence-electron chi connectivity index (χ3n) is 7.48. The quantitative estimate of drug-likeness (QED) is 0.136. The van der Waals surface area contributed by atoms with Gasteiger partial charge < -0.3 is 42.6 Å². The monoisotopic (exact) mass is 692 g/mol. The Morgan fingerprint density at radius 3 is 1.44 bits per heavy atom. The summed E-state index contributed by atoms with van der Waals surface area (Å²) in [5.41, 5.74) is 0.827. The molecule has 0 aliphatic carbocycles. The topological polar surface area (TPSA) is 100 Å². The Morgan fingerprint density at radius 2 is 0.938 bits per heavy atom. The third-order valence-corrected chi connectivity index (χ3v) is 7.80. The molecule has 0 aromatic heterocycles. The molecule has 1 heterocycles. The first-order chi connectivity index (χ1) is 23.8. The van der Waals surface area contributed by atoms with Crippen molar-refractivity contribution in [3.8, 4) is 23.0 Å².